The van der Waals surface area contributed by atoms with Crippen molar-refractivity contribution in [2.24, 2.45) is 5.73 Å². The van der Waals surface area contributed by atoms with Gasteiger partial charge in [-0.25, -0.2) is 0 Å². The molecule has 3 N–H and O–H groups in total. The molecule has 0 fully saturated rings. The summed E-state index contributed by atoms with van der Waals surface area (Å²) in [5.41, 5.74) is 8.61. The number of ether oxygens (including phenoxy) is 1. The first-order valence-electron chi connectivity index (χ1n) is 6.46. The quantitative estimate of drug-likeness (QED) is 0.843. The largest absolute Gasteiger partial charge is 0.488 e. The zero-order chi connectivity index (χ0) is 13.9. The van der Waals surface area contributed by atoms with Gasteiger partial charge in [0, 0.05) is 18.2 Å². The third-order valence-electron chi connectivity index (χ3n) is 3.32. The lowest BCUT2D eigenvalue weighted by Gasteiger charge is -2.14. The highest BCUT2D eigenvalue weighted by Gasteiger charge is 2.22. The van der Waals surface area contributed by atoms with Crippen LogP contribution in [0.25, 0.3) is 0 Å². The van der Waals surface area contributed by atoms with Crippen LogP contribution in [0.5, 0.6) is 5.75 Å². The van der Waals surface area contributed by atoms with Crippen LogP contribution < -0.4 is 15.8 Å². The van der Waals surface area contributed by atoms with Crippen LogP contribution in [0.2, 0.25) is 0 Å². The standard InChI is InChI=1S/C15H15N3OS/c16-15(20)12-5-6-17-9-13(12)18-8-11-7-10-3-1-2-4-14(10)19-11/h1-6,9,11,18H,7-8H2,(H2,16,20). The Morgan fingerprint density at radius 1 is 1.40 bits per heavy atom. The number of thiocarbonyl (C=S) groups is 1. The van der Waals surface area contributed by atoms with Gasteiger partial charge in [0.2, 0.25) is 0 Å². The number of nitrogens with two attached hydrogens (primary N) is 1. The van der Waals surface area contributed by atoms with Gasteiger partial charge in [0.25, 0.3) is 0 Å². The second kappa shape index (κ2) is 5.46. The maximum absolute atomic E-state index is 5.88. The Balaban J connectivity index is 1.66. The van der Waals surface area contributed by atoms with Crippen LogP contribution in [0.1, 0.15) is 11.1 Å². The molecular weight excluding hydrogens is 270 g/mol. The summed E-state index contributed by atoms with van der Waals surface area (Å²) in [7, 11) is 0. The fraction of sp³-hybridized carbons (Fsp3) is 0.200. The lowest BCUT2D eigenvalue weighted by atomic mass is 10.1. The molecular formula is C15H15N3OS. The van der Waals surface area contributed by atoms with Gasteiger partial charge >= 0.3 is 0 Å². The van der Waals surface area contributed by atoms with Crippen molar-refractivity contribution in [1.82, 2.24) is 4.98 Å². The van der Waals surface area contributed by atoms with E-state index in [1.165, 1.54) is 5.56 Å². The maximum atomic E-state index is 5.88. The van der Waals surface area contributed by atoms with Gasteiger partial charge in [0.1, 0.15) is 16.8 Å². The van der Waals surface area contributed by atoms with E-state index in [2.05, 4.69) is 16.4 Å². The Kier molecular flexibility index (Phi) is 3.52. The van der Waals surface area contributed by atoms with Gasteiger partial charge in [-0.2, -0.15) is 0 Å². The highest BCUT2D eigenvalue weighted by molar-refractivity contribution is 7.80. The van der Waals surface area contributed by atoms with E-state index < -0.39 is 0 Å². The Morgan fingerprint density at radius 3 is 3.05 bits per heavy atom. The van der Waals surface area contributed by atoms with Crippen molar-refractivity contribution in [2.75, 3.05) is 11.9 Å². The summed E-state index contributed by atoms with van der Waals surface area (Å²) >= 11 is 5.03. The number of hydrogen-bond acceptors (Lipinski definition) is 4. The van der Waals surface area contributed by atoms with Gasteiger partial charge < -0.3 is 15.8 Å². The van der Waals surface area contributed by atoms with Gasteiger partial charge in [-0.1, -0.05) is 30.4 Å². The highest BCUT2D eigenvalue weighted by atomic mass is 32.1. The number of fused-ring (bicyclic) bond motifs is 1. The molecule has 1 aliphatic heterocycles. The van der Waals surface area contributed by atoms with Gasteiger partial charge in [-0.05, 0) is 17.7 Å². The van der Waals surface area contributed by atoms with Crippen molar-refractivity contribution in [3.8, 4) is 5.75 Å². The van der Waals surface area contributed by atoms with E-state index in [1.807, 2.05) is 24.3 Å². The SMILES string of the molecule is NC(=S)c1ccncc1NCC1Cc2ccccc2O1. The summed E-state index contributed by atoms with van der Waals surface area (Å²) in [6, 6.07) is 9.93. The molecule has 102 valence electrons. The van der Waals surface area contributed by atoms with Gasteiger partial charge in [-0.15, -0.1) is 0 Å². The lowest BCUT2D eigenvalue weighted by molar-refractivity contribution is 0.246. The number of nitrogens with one attached hydrogen (secondary N) is 1. The Labute approximate surface area is 123 Å². The number of benzene rings is 1. The number of nitrogens with zero attached hydrogens (tertiary/aromatic N) is 1. The van der Waals surface area contributed by atoms with Gasteiger partial charge in [-0.3, -0.25) is 4.98 Å². The minimum atomic E-state index is 0.117. The first-order valence-corrected chi connectivity index (χ1v) is 6.87. The summed E-state index contributed by atoms with van der Waals surface area (Å²) in [4.78, 5) is 4.46. The molecule has 4 nitrogen and oxygen atoms in total. The van der Waals surface area contributed by atoms with E-state index in [1.54, 1.807) is 12.4 Å². The van der Waals surface area contributed by atoms with Gasteiger partial charge in [0.15, 0.2) is 0 Å². The summed E-state index contributed by atoms with van der Waals surface area (Å²) in [5.74, 6) is 0.972. The Bertz CT molecular complexity index is 620. The highest BCUT2D eigenvalue weighted by Crippen LogP contribution is 2.28. The molecule has 0 amide bonds. The van der Waals surface area contributed by atoms with Crippen LogP contribution in [0.3, 0.4) is 0 Å². The van der Waals surface area contributed by atoms with E-state index in [-0.39, 0.29) is 6.10 Å². The third-order valence-corrected chi connectivity index (χ3v) is 3.54. The van der Waals surface area contributed by atoms with E-state index in [4.69, 9.17) is 22.7 Å². The molecule has 0 saturated heterocycles. The molecule has 1 aromatic carbocycles. The van der Waals surface area contributed by atoms with Crippen molar-refractivity contribution in [2.45, 2.75) is 12.5 Å². The fourth-order valence-corrected chi connectivity index (χ4v) is 2.52. The van der Waals surface area contributed by atoms with Crippen LogP contribution in [-0.4, -0.2) is 22.6 Å². The molecule has 0 bridgehead atoms. The van der Waals surface area contributed by atoms with Crippen LogP contribution >= 0.6 is 12.2 Å². The molecule has 1 aromatic heterocycles. The predicted molar refractivity (Wildman–Crippen MR) is 83.2 cm³/mol. The molecule has 1 atom stereocenters. The normalized spacial score (nSPS) is 16.3. The number of para-hydroxylation sites is 1. The number of anilines is 1. The van der Waals surface area contributed by atoms with Crippen LogP contribution in [0.4, 0.5) is 5.69 Å². The molecule has 20 heavy (non-hydrogen) atoms. The zero-order valence-electron chi connectivity index (χ0n) is 10.9. The van der Waals surface area contributed by atoms with Crippen molar-refractivity contribution < 1.29 is 4.74 Å². The molecule has 0 aliphatic carbocycles. The van der Waals surface area contributed by atoms with Crippen molar-refractivity contribution in [3.63, 3.8) is 0 Å². The maximum Gasteiger partial charge on any atom is 0.123 e. The topological polar surface area (TPSA) is 60.2 Å². The van der Waals surface area contributed by atoms with Crippen molar-refractivity contribution in [1.29, 1.82) is 0 Å². The number of rotatable bonds is 4. The van der Waals surface area contributed by atoms with Gasteiger partial charge in [0.05, 0.1) is 18.4 Å². The smallest absolute Gasteiger partial charge is 0.123 e. The minimum Gasteiger partial charge on any atom is -0.488 e. The first-order chi connectivity index (χ1) is 9.74. The second-order valence-corrected chi connectivity index (χ2v) is 5.16. The molecule has 0 spiro atoms. The molecule has 2 aromatic rings. The van der Waals surface area contributed by atoms with E-state index in [0.717, 1.165) is 23.4 Å². The fourth-order valence-electron chi connectivity index (χ4n) is 2.34. The third kappa shape index (κ3) is 2.58. The second-order valence-electron chi connectivity index (χ2n) is 4.72. The van der Waals surface area contributed by atoms with E-state index in [9.17, 15) is 0 Å². The molecule has 1 unspecified atom stereocenters. The summed E-state index contributed by atoms with van der Waals surface area (Å²) in [6.45, 7) is 0.690. The number of hydrogen-bond donors (Lipinski definition) is 2. The van der Waals surface area contributed by atoms with Crippen LogP contribution in [0.15, 0.2) is 42.7 Å². The molecule has 1 aliphatic rings. The monoisotopic (exact) mass is 285 g/mol. The molecule has 0 radical (unpaired) electrons. The average molecular weight is 285 g/mol. The van der Waals surface area contributed by atoms with Crippen LogP contribution in [-0.2, 0) is 6.42 Å². The zero-order valence-corrected chi connectivity index (χ0v) is 11.7. The summed E-state index contributed by atoms with van der Waals surface area (Å²) in [5, 5.41) is 3.32. The number of pyridine rings is 1. The predicted octanol–water partition coefficient (Wildman–Crippen LogP) is 2.13. The van der Waals surface area contributed by atoms with Crippen molar-refractivity contribution in [3.05, 3.63) is 53.9 Å². The summed E-state index contributed by atoms with van der Waals surface area (Å²) in [6.07, 6.45) is 4.44. The average Bonchev–Trinajstić information content (AvgIpc) is 2.88. The van der Waals surface area contributed by atoms with Crippen molar-refractivity contribution >= 4 is 22.9 Å². The Morgan fingerprint density at radius 2 is 2.25 bits per heavy atom. The molecule has 3 rings (SSSR count). The summed E-state index contributed by atoms with van der Waals surface area (Å²) < 4.78 is 5.88. The van der Waals surface area contributed by atoms with Crippen LogP contribution in [0, 0.1) is 0 Å². The minimum absolute atomic E-state index is 0.117. The number of aromatic nitrogens is 1. The van der Waals surface area contributed by atoms with E-state index >= 15 is 0 Å². The van der Waals surface area contributed by atoms with E-state index in [0.29, 0.717) is 11.5 Å². The molecule has 2 heterocycles. The lowest BCUT2D eigenvalue weighted by Crippen LogP contribution is -2.25. The Hall–Kier alpha value is -2.14. The molecule has 5 heteroatoms. The molecule has 0 saturated carbocycles. The first kappa shape index (κ1) is 12.9.